The van der Waals surface area contributed by atoms with Crippen molar-refractivity contribution in [3.8, 4) is 0 Å². The molecule has 0 spiro atoms. The molecule has 0 aliphatic rings. The van der Waals surface area contributed by atoms with E-state index in [4.69, 9.17) is 16.7 Å². The van der Waals surface area contributed by atoms with Crippen molar-refractivity contribution in [2.45, 2.75) is 6.42 Å². The van der Waals surface area contributed by atoms with Crippen molar-refractivity contribution >= 4 is 33.5 Å². The quantitative estimate of drug-likeness (QED) is 0.851. The molecule has 2 nitrogen and oxygen atoms in total. The number of carboxylic acids is 1. The van der Waals surface area contributed by atoms with Gasteiger partial charge in [0.25, 0.3) is 0 Å². The minimum absolute atomic E-state index is 0.167. The third-order valence-corrected chi connectivity index (χ3v) is 2.37. The Morgan fingerprint density at radius 2 is 2.23 bits per heavy atom. The van der Waals surface area contributed by atoms with Gasteiger partial charge in [0.05, 0.1) is 10.6 Å². The van der Waals surface area contributed by atoms with Gasteiger partial charge in [0.2, 0.25) is 0 Å². The normalized spacial score (nSPS) is 10.0. The number of benzene rings is 1. The molecule has 0 heterocycles. The van der Waals surface area contributed by atoms with Crippen LogP contribution in [0.15, 0.2) is 18.2 Å². The average Bonchev–Trinajstić information content (AvgIpc) is 2.08. The van der Waals surface area contributed by atoms with Crippen molar-refractivity contribution < 1.29 is 9.90 Å². The van der Waals surface area contributed by atoms with E-state index in [9.17, 15) is 4.79 Å². The number of carboxylic acid groups (broad SMARTS) is 1. The molecule has 70 valence electrons. The monoisotopic (exact) mass is 262 g/mol. The molecule has 13 heavy (non-hydrogen) atoms. The second kappa shape index (κ2) is 4.63. The molecule has 1 aromatic rings. The van der Waals surface area contributed by atoms with Crippen molar-refractivity contribution in [2.75, 3.05) is 5.33 Å². The molecule has 0 unspecified atom stereocenters. The summed E-state index contributed by atoms with van der Waals surface area (Å²) in [7, 11) is 0. The second-order valence-corrected chi connectivity index (χ2v) is 3.76. The fourth-order valence-electron chi connectivity index (χ4n) is 1.00. The standard InChI is InChI=1S/C9H8BrClO2/c10-4-3-6-1-2-8(11)7(5-6)9(12)13/h1-2,5H,3-4H2,(H,12,13). The summed E-state index contributed by atoms with van der Waals surface area (Å²) in [4.78, 5) is 10.7. The summed E-state index contributed by atoms with van der Waals surface area (Å²) < 4.78 is 0. The zero-order valence-corrected chi connectivity index (χ0v) is 9.10. The van der Waals surface area contributed by atoms with E-state index in [2.05, 4.69) is 15.9 Å². The van der Waals surface area contributed by atoms with Crippen LogP contribution in [0.2, 0.25) is 5.02 Å². The van der Waals surface area contributed by atoms with E-state index in [1.54, 1.807) is 12.1 Å². The van der Waals surface area contributed by atoms with Crippen molar-refractivity contribution in [3.05, 3.63) is 34.3 Å². The summed E-state index contributed by atoms with van der Waals surface area (Å²) in [6.45, 7) is 0. The van der Waals surface area contributed by atoms with Gasteiger partial charge in [-0.15, -0.1) is 0 Å². The molecule has 0 radical (unpaired) electrons. The van der Waals surface area contributed by atoms with Crippen LogP contribution in [0.3, 0.4) is 0 Å². The number of rotatable bonds is 3. The first-order valence-electron chi connectivity index (χ1n) is 3.73. The summed E-state index contributed by atoms with van der Waals surface area (Å²) in [6, 6.07) is 5.05. The number of carbonyl (C=O) groups is 1. The van der Waals surface area contributed by atoms with E-state index in [0.29, 0.717) is 0 Å². The maximum atomic E-state index is 10.7. The van der Waals surface area contributed by atoms with E-state index in [1.807, 2.05) is 6.07 Å². The highest BCUT2D eigenvalue weighted by atomic mass is 79.9. The van der Waals surface area contributed by atoms with Gasteiger partial charge in [-0.3, -0.25) is 0 Å². The van der Waals surface area contributed by atoms with Crippen molar-refractivity contribution in [1.29, 1.82) is 0 Å². The van der Waals surface area contributed by atoms with Gasteiger partial charge >= 0.3 is 5.97 Å². The third-order valence-electron chi connectivity index (χ3n) is 1.64. The highest BCUT2D eigenvalue weighted by molar-refractivity contribution is 9.09. The molecule has 0 aromatic heterocycles. The molecule has 0 aliphatic carbocycles. The molecule has 0 amide bonds. The zero-order chi connectivity index (χ0) is 9.84. The van der Waals surface area contributed by atoms with Crippen molar-refractivity contribution in [3.63, 3.8) is 0 Å². The Kier molecular flexibility index (Phi) is 3.75. The molecule has 0 saturated carbocycles. The van der Waals surface area contributed by atoms with Crippen molar-refractivity contribution in [2.24, 2.45) is 0 Å². The molecule has 0 saturated heterocycles. The average molecular weight is 264 g/mol. The SMILES string of the molecule is O=C(O)c1cc(CCBr)ccc1Cl. The van der Waals surface area contributed by atoms with Gasteiger partial charge in [0.1, 0.15) is 0 Å². The molecular weight excluding hydrogens is 255 g/mol. The second-order valence-electron chi connectivity index (χ2n) is 2.56. The van der Waals surface area contributed by atoms with Gasteiger partial charge in [-0.05, 0) is 24.1 Å². The van der Waals surface area contributed by atoms with E-state index in [1.165, 1.54) is 0 Å². The van der Waals surface area contributed by atoms with Crippen LogP contribution < -0.4 is 0 Å². The van der Waals surface area contributed by atoms with Gasteiger partial charge in [-0.25, -0.2) is 4.79 Å². The van der Waals surface area contributed by atoms with E-state index < -0.39 is 5.97 Å². The molecule has 0 fully saturated rings. The van der Waals surface area contributed by atoms with E-state index >= 15 is 0 Å². The number of alkyl halides is 1. The molecule has 1 N–H and O–H groups in total. The largest absolute Gasteiger partial charge is 0.478 e. The molecule has 4 heteroatoms. The molecule has 0 bridgehead atoms. The Hall–Kier alpha value is -0.540. The highest BCUT2D eigenvalue weighted by Crippen LogP contribution is 2.18. The molecule has 0 aliphatic heterocycles. The Morgan fingerprint density at radius 3 is 2.77 bits per heavy atom. The molecule has 1 aromatic carbocycles. The molecule has 0 atom stereocenters. The maximum absolute atomic E-state index is 10.7. The molecule has 1 rings (SSSR count). The number of hydrogen-bond donors (Lipinski definition) is 1. The zero-order valence-electron chi connectivity index (χ0n) is 6.76. The first-order chi connectivity index (χ1) is 6.15. The lowest BCUT2D eigenvalue weighted by atomic mass is 10.1. The van der Waals surface area contributed by atoms with E-state index in [0.717, 1.165) is 17.3 Å². The topological polar surface area (TPSA) is 37.3 Å². The van der Waals surface area contributed by atoms with Crippen LogP contribution in [0, 0.1) is 0 Å². The number of hydrogen-bond acceptors (Lipinski definition) is 1. The Labute approximate surface area is 89.7 Å². The molecular formula is C9H8BrClO2. The Balaban J connectivity index is 3.04. The van der Waals surface area contributed by atoms with Crippen LogP contribution in [0.4, 0.5) is 0 Å². The van der Waals surface area contributed by atoms with Crippen molar-refractivity contribution in [1.82, 2.24) is 0 Å². The number of aromatic carboxylic acids is 1. The van der Waals surface area contributed by atoms with Crippen LogP contribution in [-0.2, 0) is 6.42 Å². The van der Waals surface area contributed by atoms with Crippen LogP contribution in [0.1, 0.15) is 15.9 Å². The minimum Gasteiger partial charge on any atom is -0.478 e. The smallest absolute Gasteiger partial charge is 0.337 e. The van der Waals surface area contributed by atoms with E-state index in [-0.39, 0.29) is 10.6 Å². The van der Waals surface area contributed by atoms with Gasteiger partial charge in [0, 0.05) is 5.33 Å². The summed E-state index contributed by atoms with van der Waals surface area (Å²) in [5.74, 6) is -0.985. The lowest BCUT2D eigenvalue weighted by Gasteiger charge is -2.02. The van der Waals surface area contributed by atoms with Gasteiger partial charge in [-0.2, -0.15) is 0 Å². The maximum Gasteiger partial charge on any atom is 0.337 e. The fraction of sp³-hybridized carbons (Fsp3) is 0.222. The predicted molar refractivity (Wildman–Crippen MR) is 55.9 cm³/mol. The third kappa shape index (κ3) is 2.71. The van der Waals surface area contributed by atoms with Crippen LogP contribution in [0.5, 0.6) is 0 Å². The number of aryl methyl sites for hydroxylation is 1. The lowest BCUT2D eigenvalue weighted by molar-refractivity contribution is 0.0697. The minimum atomic E-state index is -0.985. The summed E-state index contributed by atoms with van der Waals surface area (Å²) >= 11 is 8.98. The van der Waals surface area contributed by atoms with Gasteiger partial charge in [-0.1, -0.05) is 33.6 Å². The Morgan fingerprint density at radius 1 is 1.54 bits per heavy atom. The van der Waals surface area contributed by atoms with Gasteiger partial charge in [0.15, 0.2) is 0 Å². The summed E-state index contributed by atoms with van der Waals surface area (Å²) in [6.07, 6.45) is 0.803. The summed E-state index contributed by atoms with van der Waals surface area (Å²) in [5.41, 5.74) is 1.14. The first-order valence-corrected chi connectivity index (χ1v) is 5.22. The number of halogens is 2. The van der Waals surface area contributed by atoms with Crippen LogP contribution >= 0.6 is 27.5 Å². The fourth-order valence-corrected chi connectivity index (χ4v) is 1.66. The lowest BCUT2D eigenvalue weighted by Crippen LogP contribution is -1.99. The van der Waals surface area contributed by atoms with Crippen LogP contribution in [-0.4, -0.2) is 16.4 Å². The van der Waals surface area contributed by atoms with Crippen LogP contribution in [0.25, 0.3) is 0 Å². The highest BCUT2D eigenvalue weighted by Gasteiger charge is 2.08. The predicted octanol–water partition coefficient (Wildman–Crippen LogP) is 2.98. The van der Waals surface area contributed by atoms with Gasteiger partial charge < -0.3 is 5.11 Å². The summed E-state index contributed by atoms with van der Waals surface area (Å²) in [5, 5.41) is 9.86. The Bertz CT molecular complexity index is 325. The first kappa shape index (κ1) is 10.5.